The van der Waals surface area contributed by atoms with Gasteiger partial charge in [0.1, 0.15) is 0 Å². The molecule has 0 fully saturated rings. The van der Waals surface area contributed by atoms with Crippen molar-refractivity contribution in [1.82, 2.24) is 9.13 Å². The smallest absolute Gasteiger partial charge is 0.423 e. The molecule has 0 unspecified atom stereocenters. The van der Waals surface area contributed by atoms with Crippen LogP contribution in [0.1, 0.15) is 7.43 Å². The molecule has 0 saturated heterocycles. The van der Waals surface area contributed by atoms with Gasteiger partial charge >= 0.3 is 7.12 Å². The van der Waals surface area contributed by atoms with Gasteiger partial charge in [0.15, 0.2) is 0 Å². The Labute approximate surface area is 217 Å². The first-order chi connectivity index (χ1) is 17.2. The van der Waals surface area contributed by atoms with Crippen molar-refractivity contribution >= 4 is 64.6 Å². The van der Waals surface area contributed by atoms with Crippen molar-refractivity contribution < 1.29 is 10.0 Å². The minimum atomic E-state index is -1.52. The zero-order chi connectivity index (χ0) is 23.5. The molecule has 0 aliphatic carbocycles. The third-order valence-electron chi connectivity index (χ3n) is 6.92. The number of benzene rings is 5. The Morgan fingerprint density at radius 3 is 1.57 bits per heavy atom. The van der Waals surface area contributed by atoms with E-state index in [9.17, 15) is 10.0 Å². The van der Waals surface area contributed by atoms with Crippen LogP contribution in [0.3, 0.4) is 0 Å². The van der Waals surface area contributed by atoms with Crippen LogP contribution in [0.5, 0.6) is 0 Å². The highest BCUT2D eigenvalue weighted by molar-refractivity contribution is 6.59. The van der Waals surface area contributed by atoms with E-state index < -0.39 is 7.12 Å². The highest BCUT2D eigenvalue weighted by atomic mass is 16.4. The van der Waals surface area contributed by atoms with E-state index >= 15 is 0 Å². The molecule has 6 heteroatoms. The van der Waals surface area contributed by atoms with E-state index in [-0.39, 0.29) is 15.8 Å². The van der Waals surface area contributed by atoms with Crippen LogP contribution in [0.25, 0.3) is 55.0 Å². The van der Waals surface area contributed by atoms with Crippen molar-refractivity contribution in [3.63, 3.8) is 0 Å². The lowest BCUT2D eigenvalue weighted by molar-refractivity contribution is 0.426. The van der Waals surface area contributed by atoms with Crippen molar-refractivity contribution in [2.45, 2.75) is 7.43 Å². The van der Waals surface area contributed by atoms with Crippen LogP contribution in [-0.4, -0.2) is 34.7 Å². The fourth-order valence-corrected chi connectivity index (χ4v) is 5.38. The highest BCUT2D eigenvalue weighted by Gasteiger charge is 2.18. The standard InChI is InChI=1S/C30H21BN2O2.CH4.B/c34-31(35)20-14-16-29-25(18-20)26-19-22(15-17-30(26)32(29)21-8-2-1-3-9-21)33-27-12-6-4-10-23(27)24-11-5-7-13-28(24)33;;/h1-19,34-35H;1H4;. The molecule has 37 heavy (non-hydrogen) atoms. The van der Waals surface area contributed by atoms with E-state index in [1.54, 1.807) is 6.07 Å². The van der Waals surface area contributed by atoms with Gasteiger partial charge in [-0.2, -0.15) is 0 Å². The molecule has 7 aromatic rings. The second kappa shape index (κ2) is 9.32. The van der Waals surface area contributed by atoms with Gasteiger partial charge in [0.2, 0.25) is 0 Å². The predicted octanol–water partition coefficient (Wildman–Crippen LogP) is 5.82. The van der Waals surface area contributed by atoms with E-state index in [4.69, 9.17) is 0 Å². The molecule has 0 aliphatic rings. The van der Waals surface area contributed by atoms with Crippen LogP contribution >= 0.6 is 0 Å². The maximum atomic E-state index is 9.87. The normalized spacial score (nSPS) is 11.1. The summed E-state index contributed by atoms with van der Waals surface area (Å²) < 4.78 is 4.54. The van der Waals surface area contributed by atoms with Gasteiger partial charge in [-0.25, -0.2) is 0 Å². The molecule has 5 aromatic carbocycles. The molecule has 2 aromatic heterocycles. The average molecular weight is 479 g/mol. The molecule has 2 N–H and O–H groups in total. The predicted molar refractivity (Wildman–Crippen MR) is 157 cm³/mol. The monoisotopic (exact) mass is 479 g/mol. The largest absolute Gasteiger partial charge is 0.488 e. The van der Waals surface area contributed by atoms with E-state index in [1.165, 1.54) is 10.8 Å². The van der Waals surface area contributed by atoms with Crippen molar-refractivity contribution in [3.05, 3.63) is 115 Å². The molecule has 0 aliphatic heterocycles. The van der Waals surface area contributed by atoms with Crippen molar-refractivity contribution in [2.75, 3.05) is 0 Å². The second-order valence-electron chi connectivity index (χ2n) is 8.89. The minimum absolute atomic E-state index is 0. The molecule has 0 atom stereocenters. The first-order valence-corrected chi connectivity index (χ1v) is 11.7. The number of para-hydroxylation sites is 3. The fraction of sp³-hybridized carbons (Fsp3) is 0.0323. The summed E-state index contributed by atoms with van der Waals surface area (Å²) in [6.07, 6.45) is 0. The van der Waals surface area contributed by atoms with Crippen molar-refractivity contribution in [2.24, 2.45) is 0 Å². The maximum absolute atomic E-state index is 9.87. The Morgan fingerprint density at radius 2 is 0.946 bits per heavy atom. The summed E-state index contributed by atoms with van der Waals surface area (Å²) in [5, 5.41) is 24.2. The Balaban J connectivity index is 0.00000140. The zero-order valence-corrected chi connectivity index (χ0v) is 19.4. The average Bonchev–Trinajstić information content (AvgIpc) is 3.41. The number of rotatable bonds is 3. The van der Waals surface area contributed by atoms with E-state index in [0.717, 1.165) is 44.2 Å². The molecular formula is C31H25B2N2O2. The number of hydrogen-bond donors (Lipinski definition) is 2. The van der Waals surface area contributed by atoms with Crippen LogP contribution in [0.15, 0.2) is 115 Å². The van der Waals surface area contributed by atoms with Gasteiger partial charge in [-0.15, -0.1) is 0 Å². The quantitative estimate of drug-likeness (QED) is 0.314. The van der Waals surface area contributed by atoms with Gasteiger partial charge in [-0.1, -0.05) is 74.2 Å². The number of aromatic nitrogens is 2. The molecule has 0 bridgehead atoms. The number of nitrogens with zero attached hydrogens (tertiary/aromatic N) is 2. The molecule has 3 radical (unpaired) electrons. The lowest BCUT2D eigenvalue weighted by Crippen LogP contribution is -2.29. The Morgan fingerprint density at radius 1 is 0.459 bits per heavy atom. The van der Waals surface area contributed by atoms with Crippen LogP contribution in [0, 0.1) is 0 Å². The Hall–Kier alpha value is -4.25. The van der Waals surface area contributed by atoms with Crippen LogP contribution in [0.4, 0.5) is 0 Å². The first kappa shape index (κ1) is 24.4. The van der Waals surface area contributed by atoms with E-state index in [2.05, 4.69) is 88.0 Å². The highest BCUT2D eigenvalue weighted by Crippen LogP contribution is 2.36. The van der Waals surface area contributed by atoms with E-state index in [1.807, 2.05) is 30.3 Å². The SMILES string of the molecule is C.OB(O)c1ccc2c(c1)c1cc(-n3c4ccccc4c4ccccc43)ccc1n2-c1ccccc1.[B]. The molecule has 7 rings (SSSR count). The van der Waals surface area contributed by atoms with Crippen LogP contribution in [-0.2, 0) is 0 Å². The Kier molecular flexibility index (Phi) is 6.16. The topological polar surface area (TPSA) is 50.3 Å². The van der Waals surface area contributed by atoms with Crippen LogP contribution < -0.4 is 5.46 Å². The van der Waals surface area contributed by atoms with Gasteiger partial charge in [-0.3, -0.25) is 0 Å². The number of fused-ring (bicyclic) bond motifs is 6. The second-order valence-corrected chi connectivity index (χ2v) is 8.89. The summed E-state index contributed by atoms with van der Waals surface area (Å²) in [5.41, 5.74) is 7.02. The van der Waals surface area contributed by atoms with E-state index in [0.29, 0.717) is 5.46 Å². The summed E-state index contributed by atoms with van der Waals surface area (Å²) in [6.45, 7) is 0. The third kappa shape index (κ3) is 3.65. The molecule has 177 valence electrons. The number of hydrogen-bond acceptors (Lipinski definition) is 2. The zero-order valence-electron chi connectivity index (χ0n) is 19.4. The third-order valence-corrected chi connectivity index (χ3v) is 6.92. The lowest BCUT2D eigenvalue weighted by Gasteiger charge is -2.10. The molecule has 2 heterocycles. The summed E-state index contributed by atoms with van der Waals surface area (Å²) in [4.78, 5) is 0. The van der Waals surface area contributed by atoms with Gasteiger partial charge in [0.05, 0.1) is 22.1 Å². The summed E-state index contributed by atoms with van der Waals surface area (Å²) in [6, 6.07) is 39.4. The van der Waals surface area contributed by atoms with Crippen molar-refractivity contribution in [3.8, 4) is 11.4 Å². The first-order valence-electron chi connectivity index (χ1n) is 11.7. The van der Waals surface area contributed by atoms with Crippen molar-refractivity contribution in [1.29, 1.82) is 0 Å². The van der Waals surface area contributed by atoms with Gasteiger partial charge in [0.25, 0.3) is 0 Å². The summed E-state index contributed by atoms with van der Waals surface area (Å²) >= 11 is 0. The van der Waals surface area contributed by atoms with Gasteiger partial charge < -0.3 is 19.2 Å². The molecule has 0 saturated carbocycles. The van der Waals surface area contributed by atoms with Crippen LogP contribution in [0.2, 0.25) is 0 Å². The van der Waals surface area contributed by atoms with Gasteiger partial charge in [0, 0.05) is 41.3 Å². The lowest BCUT2D eigenvalue weighted by atomic mass is 9.80. The molecular weight excluding hydrogens is 454 g/mol. The van der Waals surface area contributed by atoms with Gasteiger partial charge in [-0.05, 0) is 54.0 Å². The molecule has 0 amide bonds. The minimum Gasteiger partial charge on any atom is -0.423 e. The molecule has 4 nitrogen and oxygen atoms in total. The molecule has 0 spiro atoms. The summed E-state index contributed by atoms with van der Waals surface area (Å²) in [5.74, 6) is 0. The summed E-state index contributed by atoms with van der Waals surface area (Å²) in [7, 11) is -1.52. The Bertz CT molecular complexity index is 1840. The maximum Gasteiger partial charge on any atom is 0.488 e. The fourth-order valence-electron chi connectivity index (χ4n) is 5.38.